The lowest BCUT2D eigenvalue weighted by Crippen LogP contribution is -2.40. The van der Waals surface area contributed by atoms with Crippen molar-refractivity contribution in [3.8, 4) is 5.75 Å². The molecule has 0 atom stereocenters. The average molecular weight is 455 g/mol. The highest BCUT2D eigenvalue weighted by Crippen LogP contribution is 2.29. The van der Waals surface area contributed by atoms with Gasteiger partial charge in [-0.15, -0.1) is 0 Å². The van der Waals surface area contributed by atoms with Crippen molar-refractivity contribution in [3.05, 3.63) is 48.0 Å². The van der Waals surface area contributed by atoms with Crippen LogP contribution in [0.1, 0.15) is 5.56 Å². The van der Waals surface area contributed by atoms with Crippen LogP contribution in [0.3, 0.4) is 0 Å². The van der Waals surface area contributed by atoms with Gasteiger partial charge in [0.05, 0.1) is 30.3 Å². The van der Waals surface area contributed by atoms with Gasteiger partial charge in [0.25, 0.3) is 0 Å². The van der Waals surface area contributed by atoms with E-state index in [1.807, 2.05) is 0 Å². The SMILES string of the molecule is Cc1cccc(OC(F)F)c1NCC(=O)Nc1ccc(S(=O)(=O)N2CCOCC2)cc1. The molecule has 168 valence electrons. The number of para-hydroxylation sites is 1. The number of nitrogens with zero attached hydrogens (tertiary/aromatic N) is 1. The number of nitrogens with one attached hydrogen (secondary N) is 2. The van der Waals surface area contributed by atoms with Gasteiger partial charge in [0.2, 0.25) is 15.9 Å². The third-order valence-electron chi connectivity index (χ3n) is 4.62. The van der Waals surface area contributed by atoms with Crippen molar-refractivity contribution in [3.63, 3.8) is 0 Å². The largest absolute Gasteiger partial charge is 0.433 e. The van der Waals surface area contributed by atoms with Crippen LogP contribution < -0.4 is 15.4 Å². The molecule has 11 heteroatoms. The maximum absolute atomic E-state index is 12.6. The van der Waals surface area contributed by atoms with Gasteiger partial charge in [-0.3, -0.25) is 4.79 Å². The summed E-state index contributed by atoms with van der Waals surface area (Å²) in [6.45, 7) is -0.185. The van der Waals surface area contributed by atoms with Crippen molar-refractivity contribution in [2.24, 2.45) is 0 Å². The first-order valence-electron chi connectivity index (χ1n) is 9.53. The highest BCUT2D eigenvalue weighted by atomic mass is 32.2. The molecule has 31 heavy (non-hydrogen) atoms. The van der Waals surface area contributed by atoms with Crippen molar-refractivity contribution in [1.82, 2.24) is 4.31 Å². The molecule has 3 rings (SSSR count). The number of carbonyl (C=O) groups excluding carboxylic acids is 1. The zero-order chi connectivity index (χ0) is 22.4. The van der Waals surface area contributed by atoms with Crippen molar-refractivity contribution < 1.29 is 31.5 Å². The maximum Gasteiger partial charge on any atom is 0.387 e. The van der Waals surface area contributed by atoms with Crippen LogP contribution in [0.25, 0.3) is 0 Å². The topological polar surface area (TPSA) is 97.0 Å². The van der Waals surface area contributed by atoms with Crippen molar-refractivity contribution in [2.45, 2.75) is 18.4 Å². The van der Waals surface area contributed by atoms with E-state index < -0.39 is 22.5 Å². The molecular weight excluding hydrogens is 432 g/mol. The van der Waals surface area contributed by atoms with Crippen molar-refractivity contribution in [1.29, 1.82) is 0 Å². The Morgan fingerprint density at radius 2 is 1.84 bits per heavy atom. The highest BCUT2D eigenvalue weighted by molar-refractivity contribution is 7.89. The van der Waals surface area contributed by atoms with E-state index in [0.29, 0.717) is 43.2 Å². The van der Waals surface area contributed by atoms with Gasteiger partial charge in [0, 0.05) is 18.8 Å². The molecule has 0 radical (unpaired) electrons. The fraction of sp³-hybridized carbons (Fsp3) is 0.350. The predicted molar refractivity (Wildman–Crippen MR) is 111 cm³/mol. The molecule has 1 aliphatic heterocycles. The minimum Gasteiger partial charge on any atom is -0.433 e. The lowest BCUT2D eigenvalue weighted by Gasteiger charge is -2.26. The van der Waals surface area contributed by atoms with Crippen molar-refractivity contribution >= 4 is 27.3 Å². The molecule has 0 aromatic heterocycles. The van der Waals surface area contributed by atoms with Gasteiger partial charge in [-0.2, -0.15) is 13.1 Å². The molecule has 1 fully saturated rings. The Balaban J connectivity index is 1.60. The van der Waals surface area contributed by atoms with Crippen LogP contribution in [-0.4, -0.2) is 58.1 Å². The summed E-state index contributed by atoms with van der Waals surface area (Å²) in [5.41, 5.74) is 1.34. The number of hydrogen-bond donors (Lipinski definition) is 2. The second kappa shape index (κ2) is 10.0. The van der Waals surface area contributed by atoms with E-state index in [4.69, 9.17) is 4.74 Å². The number of rotatable bonds is 8. The zero-order valence-electron chi connectivity index (χ0n) is 16.8. The number of benzene rings is 2. The number of carbonyl (C=O) groups is 1. The first kappa shape index (κ1) is 22.9. The van der Waals surface area contributed by atoms with Gasteiger partial charge >= 0.3 is 6.61 Å². The number of anilines is 2. The molecule has 2 aromatic carbocycles. The number of hydrogen-bond acceptors (Lipinski definition) is 6. The van der Waals surface area contributed by atoms with Crippen LogP contribution in [0.15, 0.2) is 47.4 Å². The lowest BCUT2D eigenvalue weighted by atomic mass is 10.2. The van der Waals surface area contributed by atoms with Crippen LogP contribution in [0, 0.1) is 6.92 Å². The molecule has 0 saturated carbocycles. The summed E-state index contributed by atoms with van der Waals surface area (Å²) in [5.74, 6) is -0.490. The van der Waals surface area contributed by atoms with E-state index in [1.165, 1.54) is 34.6 Å². The minimum absolute atomic E-state index is 0.0551. The Morgan fingerprint density at radius 3 is 2.48 bits per heavy atom. The molecule has 1 saturated heterocycles. The molecule has 1 amide bonds. The summed E-state index contributed by atoms with van der Waals surface area (Å²) < 4.78 is 61.4. The van der Waals surface area contributed by atoms with Gasteiger partial charge in [0.15, 0.2) is 0 Å². The highest BCUT2D eigenvalue weighted by Gasteiger charge is 2.26. The van der Waals surface area contributed by atoms with Gasteiger partial charge < -0.3 is 20.1 Å². The molecule has 8 nitrogen and oxygen atoms in total. The summed E-state index contributed by atoms with van der Waals surface area (Å²) >= 11 is 0. The third kappa shape index (κ3) is 5.90. The first-order chi connectivity index (χ1) is 14.8. The van der Waals surface area contributed by atoms with Crippen LogP contribution in [-0.2, 0) is 19.6 Å². The Hall–Kier alpha value is -2.76. The summed E-state index contributed by atoms with van der Waals surface area (Å²) in [6.07, 6.45) is 0. The molecule has 2 N–H and O–H groups in total. The van der Waals surface area contributed by atoms with Crippen molar-refractivity contribution in [2.75, 3.05) is 43.5 Å². The number of alkyl halides is 2. The maximum atomic E-state index is 12.6. The normalized spacial score (nSPS) is 15.0. The van der Waals surface area contributed by atoms with E-state index >= 15 is 0 Å². The van der Waals surface area contributed by atoms with Crippen LogP contribution >= 0.6 is 0 Å². The number of halogens is 2. The number of ether oxygens (including phenoxy) is 2. The summed E-state index contributed by atoms with van der Waals surface area (Å²) in [4.78, 5) is 12.4. The molecule has 1 aliphatic rings. The Labute approximate surface area is 179 Å². The van der Waals surface area contributed by atoms with E-state index in [1.54, 1.807) is 19.1 Å². The quantitative estimate of drug-likeness (QED) is 0.635. The monoisotopic (exact) mass is 455 g/mol. The Morgan fingerprint density at radius 1 is 1.16 bits per heavy atom. The summed E-state index contributed by atoms with van der Waals surface area (Å²) in [6, 6.07) is 10.5. The zero-order valence-corrected chi connectivity index (χ0v) is 17.6. The Kier molecular flexibility index (Phi) is 7.42. The molecule has 2 aromatic rings. The summed E-state index contributed by atoms with van der Waals surface area (Å²) in [5, 5.41) is 5.43. The van der Waals surface area contributed by atoms with E-state index in [9.17, 15) is 22.0 Å². The molecule has 0 bridgehead atoms. The predicted octanol–water partition coefficient (Wildman–Crippen LogP) is 2.67. The van der Waals surface area contributed by atoms with E-state index in [0.717, 1.165) is 0 Å². The number of amides is 1. The Bertz CT molecular complexity index is 1010. The smallest absolute Gasteiger partial charge is 0.387 e. The second-order valence-electron chi connectivity index (χ2n) is 6.77. The van der Waals surface area contributed by atoms with Gasteiger partial charge in [0.1, 0.15) is 5.75 Å². The number of aryl methyl sites for hydroxylation is 1. The van der Waals surface area contributed by atoms with Crippen LogP contribution in [0.4, 0.5) is 20.2 Å². The molecule has 0 unspecified atom stereocenters. The molecule has 0 aliphatic carbocycles. The van der Waals surface area contributed by atoms with E-state index in [-0.39, 0.29) is 17.2 Å². The molecule has 0 spiro atoms. The average Bonchev–Trinajstić information content (AvgIpc) is 2.74. The molecule has 1 heterocycles. The number of morpholine rings is 1. The first-order valence-corrected chi connectivity index (χ1v) is 11.0. The second-order valence-corrected chi connectivity index (χ2v) is 8.71. The van der Waals surface area contributed by atoms with Crippen LogP contribution in [0.2, 0.25) is 0 Å². The fourth-order valence-corrected chi connectivity index (χ4v) is 4.49. The standard InChI is InChI=1S/C20H23F2N3O5S/c1-14-3-2-4-17(30-20(21)22)19(14)23-13-18(26)24-15-5-7-16(8-6-15)31(27,28)25-9-11-29-12-10-25/h2-8,20,23H,9-13H2,1H3,(H,24,26). The fourth-order valence-electron chi connectivity index (χ4n) is 3.08. The van der Waals surface area contributed by atoms with E-state index in [2.05, 4.69) is 15.4 Å². The van der Waals surface area contributed by atoms with Gasteiger partial charge in [-0.1, -0.05) is 12.1 Å². The minimum atomic E-state index is -3.62. The third-order valence-corrected chi connectivity index (χ3v) is 6.54. The van der Waals surface area contributed by atoms with Gasteiger partial charge in [-0.05, 0) is 42.8 Å². The molecular formula is C20H23F2N3O5S. The van der Waals surface area contributed by atoms with Crippen LogP contribution in [0.5, 0.6) is 5.75 Å². The number of sulfonamides is 1. The lowest BCUT2D eigenvalue weighted by molar-refractivity contribution is -0.114. The van der Waals surface area contributed by atoms with Gasteiger partial charge in [-0.25, -0.2) is 8.42 Å². The summed E-state index contributed by atoms with van der Waals surface area (Å²) in [7, 11) is -3.62.